The molecule has 2 aromatic carbocycles. The first-order valence-electron chi connectivity index (χ1n) is 9.30. The van der Waals surface area contributed by atoms with Gasteiger partial charge in [0.25, 0.3) is 5.22 Å². The minimum absolute atomic E-state index is 0.0440. The van der Waals surface area contributed by atoms with Gasteiger partial charge in [-0.2, -0.15) is 0 Å². The minimum atomic E-state index is -2.90. The van der Waals surface area contributed by atoms with Gasteiger partial charge in [0.2, 0.25) is 5.89 Å². The van der Waals surface area contributed by atoms with E-state index in [9.17, 15) is 8.42 Å². The summed E-state index contributed by atoms with van der Waals surface area (Å²) < 4.78 is 29.2. The van der Waals surface area contributed by atoms with Gasteiger partial charge >= 0.3 is 0 Å². The number of hydrogen-bond donors (Lipinski definition) is 0. The molecule has 2 atom stereocenters. The topological polar surface area (TPSA) is 73.1 Å². The van der Waals surface area contributed by atoms with E-state index in [1.165, 1.54) is 28.5 Å². The molecule has 0 aliphatic carbocycles. The second-order valence-electron chi connectivity index (χ2n) is 7.20. The third-order valence-corrected chi connectivity index (χ3v) is 8.00. The van der Waals surface area contributed by atoms with E-state index in [1.807, 2.05) is 30.3 Å². The van der Waals surface area contributed by atoms with Crippen LogP contribution in [0.1, 0.15) is 34.3 Å². The average molecular weight is 415 g/mol. The van der Waals surface area contributed by atoms with E-state index < -0.39 is 9.84 Å². The molecule has 0 bridgehead atoms. The summed E-state index contributed by atoms with van der Waals surface area (Å²) >= 11 is 1.53. The maximum Gasteiger partial charge on any atom is 0.277 e. The Hall–Kier alpha value is -2.12. The number of aromatic nitrogens is 2. The van der Waals surface area contributed by atoms with E-state index in [1.54, 1.807) is 0 Å². The summed E-state index contributed by atoms with van der Waals surface area (Å²) in [5, 5.41) is 8.92. The number of rotatable bonds is 6. The number of hydrogen-bond acceptors (Lipinski definition) is 6. The van der Waals surface area contributed by atoms with Crippen molar-refractivity contribution >= 4 is 21.6 Å². The number of nitrogens with zero attached hydrogens (tertiary/aromatic N) is 2. The molecule has 146 valence electrons. The number of benzene rings is 2. The third-order valence-electron chi connectivity index (χ3n) is 5.03. The zero-order chi connectivity index (χ0) is 19.6. The maximum atomic E-state index is 11.7. The molecule has 5 nitrogen and oxygen atoms in total. The fourth-order valence-electron chi connectivity index (χ4n) is 3.57. The van der Waals surface area contributed by atoms with Crippen molar-refractivity contribution in [1.29, 1.82) is 0 Å². The number of thioether (sulfide) groups is 1. The molecule has 1 aliphatic heterocycles. The molecular weight excluding hydrogens is 392 g/mol. The predicted octanol–water partition coefficient (Wildman–Crippen LogP) is 4.24. The molecule has 28 heavy (non-hydrogen) atoms. The molecule has 2 heterocycles. The fourth-order valence-corrected chi connectivity index (χ4v) is 6.55. The second kappa shape index (κ2) is 8.09. The first-order valence-corrected chi connectivity index (χ1v) is 12.0. The summed E-state index contributed by atoms with van der Waals surface area (Å²) in [6, 6.07) is 18.6. The van der Waals surface area contributed by atoms with Crippen molar-refractivity contribution in [3.63, 3.8) is 0 Å². The molecule has 1 aromatic heterocycles. The average Bonchev–Trinajstić information content (AvgIpc) is 3.27. The largest absolute Gasteiger partial charge is 0.416 e. The van der Waals surface area contributed by atoms with Gasteiger partial charge in [-0.1, -0.05) is 66.4 Å². The van der Waals surface area contributed by atoms with Crippen molar-refractivity contribution in [2.75, 3.05) is 11.5 Å². The van der Waals surface area contributed by atoms with Crippen LogP contribution in [-0.4, -0.2) is 30.1 Å². The van der Waals surface area contributed by atoms with Gasteiger partial charge in [-0.25, -0.2) is 8.42 Å². The first kappa shape index (κ1) is 19.2. The van der Waals surface area contributed by atoms with E-state index in [2.05, 4.69) is 41.4 Å². The van der Waals surface area contributed by atoms with Crippen LogP contribution in [0, 0.1) is 12.8 Å². The van der Waals surface area contributed by atoms with E-state index in [0.717, 1.165) is 0 Å². The smallest absolute Gasteiger partial charge is 0.277 e. The molecule has 0 N–H and O–H groups in total. The van der Waals surface area contributed by atoms with Gasteiger partial charge in [0.15, 0.2) is 9.84 Å². The van der Waals surface area contributed by atoms with E-state index in [4.69, 9.17) is 4.42 Å². The van der Waals surface area contributed by atoms with Gasteiger partial charge < -0.3 is 4.42 Å². The standard InChI is InChI=1S/C21H22N2O3S2/c1-15-7-5-6-10-18(15)20(17-8-3-2-4-9-17)27-21-23-22-19(26-21)13-16-11-12-28(24,25)14-16/h2-10,16,20H,11-14H2,1H3/t16-,20-/m0/s1. The summed E-state index contributed by atoms with van der Waals surface area (Å²) in [6.45, 7) is 2.10. The Balaban J connectivity index is 1.55. The molecular formula is C21H22N2O3S2. The van der Waals surface area contributed by atoms with Gasteiger partial charge in [-0.3, -0.25) is 0 Å². The van der Waals surface area contributed by atoms with Crippen molar-refractivity contribution in [1.82, 2.24) is 10.2 Å². The monoisotopic (exact) mass is 414 g/mol. The lowest BCUT2D eigenvalue weighted by atomic mass is 10.0. The molecule has 7 heteroatoms. The van der Waals surface area contributed by atoms with Crippen molar-refractivity contribution in [2.45, 2.75) is 30.2 Å². The normalized spacial score (nSPS) is 19.5. The first-order chi connectivity index (χ1) is 13.5. The lowest BCUT2D eigenvalue weighted by molar-refractivity contribution is 0.389. The molecule has 1 saturated heterocycles. The summed E-state index contributed by atoms with van der Waals surface area (Å²) in [5.74, 6) is 1.07. The highest BCUT2D eigenvalue weighted by atomic mass is 32.2. The van der Waals surface area contributed by atoms with Crippen LogP contribution in [0.2, 0.25) is 0 Å². The Labute approximate surface area is 169 Å². The van der Waals surface area contributed by atoms with Gasteiger partial charge in [-0.15, -0.1) is 10.2 Å². The Bertz CT molecular complexity index is 1050. The Morgan fingerprint density at radius 2 is 1.86 bits per heavy atom. The van der Waals surface area contributed by atoms with Crippen molar-refractivity contribution in [3.05, 3.63) is 77.2 Å². The molecule has 0 radical (unpaired) electrons. The predicted molar refractivity (Wildman–Crippen MR) is 110 cm³/mol. The van der Waals surface area contributed by atoms with E-state index in [-0.39, 0.29) is 22.7 Å². The van der Waals surface area contributed by atoms with Crippen LogP contribution in [0.15, 0.2) is 64.2 Å². The van der Waals surface area contributed by atoms with Gasteiger partial charge in [0.1, 0.15) is 0 Å². The van der Waals surface area contributed by atoms with E-state index >= 15 is 0 Å². The Morgan fingerprint density at radius 1 is 1.11 bits per heavy atom. The van der Waals surface area contributed by atoms with Gasteiger partial charge in [0.05, 0.1) is 16.8 Å². The quantitative estimate of drug-likeness (QED) is 0.562. The van der Waals surface area contributed by atoms with Crippen LogP contribution >= 0.6 is 11.8 Å². The molecule has 1 aliphatic rings. The molecule has 3 aromatic rings. The Kier molecular flexibility index (Phi) is 5.55. The summed E-state index contributed by atoms with van der Waals surface area (Å²) in [5.41, 5.74) is 3.59. The second-order valence-corrected chi connectivity index (χ2v) is 10.5. The van der Waals surface area contributed by atoms with Gasteiger partial charge in [-0.05, 0) is 36.0 Å². The van der Waals surface area contributed by atoms with Crippen LogP contribution in [0.5, 0.6) is 0 Å². The highest BCUT2D eigenvalue weighted by Crippen LogP contribution is 2.41. The molecule has 4 rings (SSSR count). The van der Waals surface area contributed by atoms with E-state index in [0.29, 0.717) is 24.0 Å². The van der Waals surface area contributed by atoms with Crippen molar-refractivity contribution < 1.29 is 12.8 Å². The fraction of sp³-hybridized carbons (Fsp3) is 0.333. The van der Waals surface area contributed by atoms with Gasteiger partial charge in [0, 0.05) is 6.42 Å². The SMILES string of the molecule is Cc1ccccc1[C@@H](Sc1nnc(C[C@@H]2CCS(=O)(=O)C2)o1)c1ccccc1. The highest BCUT2D eigenvalue weighted by molar-refractivity contribution is 7.99. The highest BCUT2D eigenvalue weighted by Gasteiger charge is 2.29. The zero-order valence-corrected chi connectivity index (χ0v) is 17.2. The van der Waals surface area contributed by atoms with Crippen LogP contribution in [0.3, 0.4) is 0 Å². The van der Waals surface area contributed by atoms with Crippen LogP contribution in [-0.2, 0) is 16.3 Å². The van der Waals surface area contributed by atoms with Crippen molar-refractivity contribution in [3.8, 4) is 0 Å². The Morgan fingerprint density at radius 3 is 2.57 bits per heavy atom. The summed E-state index contributed by atoms with van der Waals surface area (Å²) in [4.78, 5) is 0. The van der Waals surface area contributed by atoms with Crippen LogP contribution < -0.4 is 0 Å². The lowest BCUT2D eigenvalue weighted by Gasteiger charge is -2.17. The summed E-state index contributed by atoms with van der Waals surface area (Å²) in [7, 11) is -2.90. The molecule has 0 saturated carbocycles. The van der Waals surface area contributed by atoms with Crippen molar-refractivity contribution in [2.24, 2.45) is 5.92 Å². The lowest BCUT2D eigenvalue weighted by Crippen LogP contribution is -2.07. The van der Waals surface area contributed by atoms with Crippen LogP contribution in [0.4, 0.5) is 0 Å². The maximum absolute atomic E-state index is 11.7. The zero-order valence-electron chi connectivity index (χ0n) is 15.6. The molecule has 0 spiro atoms. The molecule has 0 unspecified atom stereocenters. The minimum Gasteiger partial charge on any atom is -0.416 e. The number of aryl methyl sites for hydroxylation is 1. The molecule has 1 fully saturated rings. The van der Waals surface area contributed by atoms with Crippen LogP contribution in [0.25, 0.3) is 0 Å². The third kappa shape index (κ3) is 4.47. The number of sulfone groups is 1. The molecule has 0 amide bonds. The summed E-state index contributed by atoms with van der Waals surface area (Å²) in [6.07, 6.45) is 1.19.